The number of pyridine rings is 1. The molecule has 1 fully saturated rings. The lowest BCUT2D eigenvalue weighted by Gasteiger charge is -2.19. The normalized spacial score (nSPS) is 17.9. The number of anilines is 1. The molecule has 1 aliphatic heterocycles. The lowest BCUT2D eigenvalue weighted by atomic mass is 9.93. The molecule has 2 aromatic rings. The second-order valence-electron chi connectivity index (χ2n) is 7.21. The van der Waals surface area contributed by atoms with Crippen LogP contribution in [0.1, 0.15) is 45.2 Å². The molecule has 0 spiro atoms. The summed E-state index contributed by atoms with van der Waals surface area (Å²) in [6, 6.07) is 3.38. The minimum atomic E-state index is -0.611. The van der Waals surface area contributed by atoms with E-state index in [-0.39, 0.29) is 18.2 Å². The number of ether oxygens (including phenoxy) is 1. The third-order valence-electron chi connectivity index (χ3n) is 3.91. The number of fused-ring (bicyclic) bond motifs is 1. The second-order valence-corrected chi connectivity index (χ2v) is 7.21. The maximum Gasteiger partial charge on any atom is 0.413 e. The Hall–Kier alpha value is -2.97. The average Bonchev–Trinajstić information content (AvgIpc) is 2.82. The van der Waals surface area contributed by atoms with Crippen LogP contribution in [-0.2, 0) is 21.4 Å². The standard InChI is InChI=1S/C17H21N5O4/c1-17(2,3)26-16(25)19-11-7-5-9-13(21-22(4)14(9)18-11)10-6-8-12(23)20-15(10)24/h5,7,10H,6,8H2,1-4H3,(H,18,19,25)(H,20,23,24). The quantitative estimate of drug-likeness (QED) is 0.791. The highest BCUT2D eigenvalue weighted by atomic mass is 16.6. The van der Waals surface area contributed by atoms with E-state index >= 15 is 0 Å². The molecule has 1 saturated heterocycles. The minimum absolute atomic E-state index is 0.270. The van der Waals surface area contributed by atoms with Gasteiger partial charge in [-0.1, -0.05) is 0 Å². The number of piperidine rings is 1. The lowest BCUT2D eigenvalue weighted by molar-refractivity contribution is -0.134. The molecule has 138 valence electrons. The van der Waals surface area contributed by atoms with Gasteiger partial charge in [0.2, 0.25) is 11.8 Å². The Labute approximate surface area is 150 Å². The van der Waals surface area contributed by atoms with Crippen molar-refractivity contribution in [3.63, 3.8) is 0 Å². The maximum absolute atomic E-state index is 12.1. The van der Waals surface area contributed by atoms with Crippen molar-refractivity contribution in [1.82, 2.24) is 20.1 Å². The molecular formula is C17H21N5O4. The summed E-state index contributed by atoms with van der Waals surface area (Å²) in [6.45, 7) is 5.32. The van der Waals surface area contributed by atoms with E-state index < -0.39 is 17.6 Å². The molecule has 0 aromatic carbocycles. The number of carbonyl (C=O) groups excluding carboxylic acids is 3. The first-order valence-corrected chi connectivity index (χ1v) is 8.31. The van der Waals surface area contributed by atoms with Crippen LogP contribution in [0.4, 0.5) is 10.6 Å². The molecule has 26 heavy (non-hydrogen) atoms. The highest BCUT2D eigenvalue weighted by Gasteiger charge is 2.32. The molecule has 3 heterocycles. The van der Waals surface area contributed by atoms with E-state index in [9.17, 15) is 14.4 Å². The van der Waals surface area contributed by atoms with Crippen molar-refractivity contribution in [2.24, 2.45) is 7.05 Å². The molecule has 3 rings (SSSR count). The molecule has 3 amide bonds. The van der Waals surface area contributed by atoms with Crippen molar-refractivity contribution >= 4 is 34.8 Å². The van der Waals surface area contributed by atoms with Crippen LogP contribution in [-0.4, -0.2) is 38.3 Å². The smallest absolute Gasteiger partial charge is 0.413 e. The molecule has 9 nitrogen and oxygen atoms in total. The van der Waals surface area contributed by atoms with Crippen LogP contribution in [0.15, 0.2) is 12.1 Å². The Morgan fingerprint density at radius 2 is 2.08 bits per heavy atom. The van der Waals surface area contributed by atoms with Crippen LogP contribution >= 0.6 is 0 Å². The molecule has 1 unspecified atom stereocenters. The van der Waals surface area contributed by atoms with Crippen molar-refractivity contribution in [2.75, 3.05) is 5.32 Å². The Morgan fingerprint density at radius 3 is 2.73 bits per heavy atom. The number of amides is 3. The molecule has 9 heteroatoms. The van der Waals surface area contributed by atoms with Gasteiger partial charge in [-0.2, -0.15) is 5.10 Å². The summed E-state index contributed by atoms with van der Waals surface area (Å²) >= 11 is 0. The van der Waals surface area contributed by atoms with Gasteiger partial charge in [-0.15, -0.1) is 0 Å². The second kappa shape index (κ2) is 6.40. The van der Waals surface area contributed by atoms with Crippen molar-refractivity contribution in [1.29, 1.82) is 0 Å². The first-order valence-electron chi connectivity index (χ1n) is 8.31. The zero-order valence-electron chi connectivity index (χ0n) is 15.1. The Kier molecular flexibility index (Phi) is 4.39. The summed E-state index contributed by atoms with van der Waals surface area (Å²) in [4.78, 5) is 39.8. The zero-order chi connectivity index (χ0) is 19.1. The predicted octanol–water partition coefficient (Wildman–Crippen LogP) is 1.84. The number of carbonyl (C=O) groups is 3. The number of imide groups is 1. The van der Waals surface area contributed by atoms with Gasteiger partial charge in [0.15, 0.2) is 5.65 Å². The zero-order valence-corrected chi connectivity index (χ0v) is 15.1. The predicted molar refractivity (Wildman–Crippen MR) is 93.5 cm³/mol. The van der Waals surface area contributed by atoms with Crippen LogP contribution < -0.4 is 10.6 Å². The van der Waals surface area contributed by atoms with E-state index in [4.69, 9.17) is 4.74 Å². The van der Waals surface area contributed by atoms with Gasteiger partial charge >= 0.3 is 6.09 Å². The summed E-state index contributed by atoms with van der Waals surface area (Å²) in [5.41, 5.74) is 0.488. The highest BCUT2D eigenvalue weighted by molar-refractivity contribution is 6.02. The van der Waals surface area contributed by atoms with Gasteiger partial charge in [0.1, 0.15) is 11.4 Å². The van der Waals surface area contributed by atoms with Crippen molar-refractivity contribution in [3.8, 4) is 0 Å². The molecule has 1 atom stereocenters. The van der Waals surface area contributed by atoms with Gasteiger partial charge in [-0.05, 0) is 39.3 Å². The van der Waals surface area contributed by atoms with E-state index in [0.29, 0.717) is 29.0 Å². The highest BCUT2D eigenvalue weighted by Crippen LogP contribution is 2.30. The summed E-state index contributed by atoms with van der Waals surface area (Å²) in [7, 11) is 1.71. The topological polar surface area (TPSA) is 115 Å². The largest absolute Gasteiger partial charge is 0.444 e. The molecule has 0 radical (unpaired) electrons. The monoisotopic (exact) mass is 359 g/mol. The van der Waals surface area contributed by atoms with Gasteiger partial charge in [-0.3, -0.25) is 24.9 Å². The first-order chi connectivity index (χ1) is 12.1. The third-order valence-corrected chi connectivity index (χ3v) is 3.91. The summed E-state index contributed by atoms with van der Waals surface area (Å²) in [6.07, 6.45) is 0.0893. The van der Waals surface area contributed by atoms with Gasteiger partial charge in [0, 0.05) is 18.9 Å². The third kappa shape index (κ3) is 3.66. The number of nitrogens with zero attached hydrogens (tertiary/aromatic N) is 3. The van der Waals surface area contributed by atoms with Crippen molar-refractivity contribution in [3.05, 3.63) is 17.8 Å². The van der Waals surface area contributed by atoms with Gasteiger partial charge in [0.25, 0.3) is 0 Å². The van der Waals surface area contributed by atoms with Crippen molar-refractivity contribution in [2.45, 2.75) is 45.1 Å². The number of nitrogens with one attached hydrogen (secondary N) is 2. The Morgan fingerprint density at radius 1 is 1.35 bits per heavy atom. The number of rotatable bonds is 2. The summed E-state index contributed by atoms with van der Waals surface area (Å²) < 4.78 is 6.76. The SMILES string of the molecule is Cn1nc(C2CCC(=O)NC2=O)c2ccc(NC(=O)OC(C)(C)C)nc21. The number of aromatic nitrogens is 3. The van der Waals surface area contributed by atoms with Crippen LogP contribution in [0.3, 0.4) is 0 Å². The van der Waals surface area contributed by atoms with Gasteiger partial charge < -0.3 is 4.74 Å². The molecule has 2 aromatic heterocycles. The van der Waals surface area contributed by atoms with E-state index in [1.54, 1.807) is 44.6 Å². The Bertz CT molecular complexity index is 896. The van der Waals surface area contributed by atoms with Crippen molar-refractivity contribution < 1.29 is 19.1 Å². The summed E-state index contributed by atoms with van der Waals surface area (Å²) in [5.74, 6) is -0.793. The minimum Gasteiger partial charge on any atom is -0.444 e. The van der Waals surface area contributed by atoms with Crippen LogP contribution in [0.2, 0.25) is 0 Å². The molecule has 2 N–H and O–H groups in total. The van der Waals surface area contributed by atoms with Crippen LogP contribution in [0.5, 0.6) is 0 Å². The first kappa shape index (κ1) is 17.8. The fraction of sp³-hybridized carbons (Fsp3) is 0.471. The number of hydrogen-bond acceptors (Lipinski definition) is 6. The lowest BCUT2D eigenvalue weighted by Crippen LogP contribution is -2.39. The average molecular weight is 359 g/mol. The fourth-order valence-electron chi connectivity index (χ4n) is 2.85. The Balaban J connectivity index is 1.88. The van der Waals surface area contributed by atoms with Crippen LogP contribution in [0.25, 0.3) is 11.0 Å². The molecule has 0 saturated carbocycles. The van der Waals surface area contributed by atoms with Crippen LogP contribution in [0, 0.1) is 0 Å². The summed E-state index contributed by atoms with van der Waals surface area (Å²) in [5, 5.41) is 10.0. The molecule has 0 aliphatic carbocycles. The van der Waals surface area contributed by atoms with E-state index in [0.717, 1.165) is 0 Å². The van der Waals surface area contributed by atoms with Gasteiger partial charge in [-0.25, -0.2) is 9.78 Å². The number of hydrogen-bond donors (Lipinski definition) is 2. The fourth-order valence-corrected chi connectivity index (χ4v) is 2.85. The maximum atomic E-state index is 12.1. The van der Waals surface area contributed by atoms with E-state index in [1.165, 1.54) is 0 Å². The molecule has 0 bridgehead atoms. The molecular weight excluding hydrogens is 338 g/mol. The van der Waals surface area contributed by atoms with Gasteiger partial charge in [0.05, 0.1) is 11.6 Å². The number of aryl methyl sites for hydroxylation is 1. The van der Waals surface area contributed by atoms with E-state index in [1.807, 2.05) is 0 Å². The van der Waals surface area contributed by atoms with E-state index in [2.05, 4.69) is 20.7 Å². The molecule has 1 aliphatic rings.